The molecule has 0 aromatic heterocycles. The summed E-state index contributed by atoms with van der Waals surface area (Å²) in [6.45, 7) is 0. The molecule has 0 N–H and O–H groups in total. The number of allylic oxidation sites excluding steroid dienone is 3. The molecule has 1 aliphatic rings. The van der Waals surface area contributed by atoms with E-state index in [0.29, 0.717) is 15.7 Å². The van der Waals surface area contributed by atoms with Gasteiger partial charge in [0.2, 0.25) is 0 Å². The molecule has 3 rings (SSSR count). The van der Waals surface area contributed by atoms with Crippen molar-refractivity contribution in [2.75, 3.05) is 14.2 Å². The van der Waals surface area contributed by atoms with Crippen molar-refractivity contribution in [3.8, 4) is 11.5 Å². The summed E-state index contributed by atoms with van der Waals surface area (Å²) in [5.74, 6) is 0.729. The number of hydrogen-bond acceptors (Lipinski definition) is 6. The first kappa shape index (κ1) is 21.7. The van der Waals surface area contributed by atoms with E-state index >= 15 is 0 Å². The van der Waals surface area contributed by atoms with Gasteiger partial charge in [-0.3, -0.25) is 9.59 Å². The number of thioether (sulfide) groups is 2. The number of rotatable bonds is 8. The van der Waals surface area contributed by atoms with Crippen LogP contribution in [0.4, 0.5) is 0 Å². The smallest absolute Gasteiger partial charge is 0.191 e. The van der Waals surface area contributed by atoms with Crippen LogP contribution in [0.1, 0.15) is 11.1 Å². The van der Waals surface area contributed by atoms with Gasteiger partial charge in [-0.25, -0.2) is 0 Å². The average molecular weight is 437 g/mol. The number of hydrogen-bond donors (Lipinski definition) is 0. The van der Waals surface area contributed by atoms with Crippen LogP contribution in [0.15, 0.2) is 81.3 Å². The number of carbonyl (C=O) groups excluding carboxylic acids is 2. The molecule has 1 aliphatic heterocycles. The molecule has 2 aromatic rings. The molecule has 30 heavy (non-hydrogen) atoms. The summed E-state index contributed by atoms with van der Waals surface area (Å²) in [5, 5.41) is 3.72. The van der Waals surface area contributed by atoms with Gasteiger partial charge in [-0.1, -0.05) is 59.9 Å². The van der Waals surface area contributed by atoms with Gasteiger partial charge in [0.1, 0.15) is 11.5 Å². The van der Waals surface area contributed by atoms with E-state index in [2.05, 4.69) is 0 Å². The molecule has 0 amide bonds. The fraction of sp³-hybridized carbons (Fsp3) is 0.0833. The highest BCUT2D eigenvalue weighted by Crippen LogP contribution is 2.40. The average Bonchev–Trinajstić information content (AvgIpc) is 3.31. The first-order chi connectivity index (χ1) is 14.6. The van der Waals surface area contributed by atoms with Crippen LogP contribution < -0.4 is 9.47 Å². The van der Waals surface area contributed by atoms with Gasteiger partial charge in [-0.2, -0.15) is 0 Å². The molecule has 4 nitrogen and oxygen atoms in total. The van der Waals surface area contributed by atoms with E-state index in [1.165, 1.54) is 35.7 Å². The van der Waals surface area contributed by atoms with Crippen LogP contribution in [0.5, 0.6) is 11.5 Å². The Labute approximate surface area is 184 Å². The van der Waals surface area contributed by atoms with E-state index in [-0.39, 0.29) is 17.1 Å². The molecule has 0 unspecified atom stereocenters. The van der Waals surface area contributed by atoms with Gasteiger partial charge in [-0.15, -0.1) is 0 Å². The van der Waals surface area contributed by atoms with Crippen LogP contribution in [0.25, 0.3) is 12.2 Å². The molecule has 0 saturated heterocycles. The Bertz CT molecular complexity index is 983. The molecule has 0 saturated carbocycles. The zero-order valence-electron chi connectivity index (χ0n) is 16.5. The van der Waals surface area contributed by atoms with E-state index < -0.39 is 0 Å². The topological polar surface area (TPSA) is 52.6 Å². The molecule has 0 bridgehead atoms. The van der Waals surface area contributed by atoms with Crippen LogP contribution in [0.2, 0.25) is 0 Å². The van der Waals surface area contributed by atoms with E-state index in [1.807, 2.05) is 59.3 Å². The van der Waals surface area contributed by atoms with E-state index in [4.69, 9.17) is 9.47 Å². The van der Waals surface area contributed by atoms with Crippen molar-refractivity contribution in [2.24, 2.45) is 0 Å². The zero-order valence-corrected chi connectivity index (χ0v) is 18.2. The van der Waals surface area contributed by atoms with Crippen molar-refractivity contribution in [1.29, 1.82) is 0 Å². The molecule has 152 valence electrons. The summed E-state index contributed by atoms with van der Waals surface area (Å²) in [4.78, 5) is 25.8. The van der Waals surface area contributed by atoms with Crippen LogP contribution in [0, 0.1) is 0 Å². The summed E-state index contributed by atoms with van der Waals surface area (Å²) in [6.07, 6.45) is 6.21. The van der Waals surface area contributed by atoms with Crippen molar-refractivity contribution in [3.05, 3.63) is 92.4 Å². The molecule has 0 aliphatic carbocycles. The largest absolute Gasteiger partial charge is 0.497 e. The lowest BCUT2D eigenvalue weighted by Crippen LogP contribution is -2.10. The lowest BCUT2D eigenvalue weighted by atomic mass is 10.1. The Morgan fingerprint density at radius 2 is 1.23 bits per heavy atom. The second-order valence-electron chi connectivity index (χ2n) is 6.12. The quantitative estimate of drug-likeness (QED) is 0.299. The van der Waals surface area contributed by atoms with Crippen LogP contribution >= 0.6 is 23.5 Å². The van der Waals surface area contributed by atoms with Gasteiger partial charge in [0, 0.05) is 0 Å². The molecule has 1 heterocycles. The standard InChI is InChI=1S/C24H20O4S2/c1-27-19-7-3-5-17(15-19)9-11-21(25)23(24-29-13-14-30-24)22(26)12-10-18-6-4-8-20(16-18)28-2/h3-16H,1-2H3/b11-9+,12-10+. The van der Waals surface area contributed by atoms with Gasteiger partial charge in [0.25, 0.3) is 0 Å². The summed E-state index contributed by atoms with van der Waals surface area (Å²) >= 11 is 2.75. The van der Waals surface area contributed by atoms with Gasteiger partial charge in [0.15, 0.2) is 11.6 Å². The third-order valence-corrected chi connectivity index (χ3v) is 6.27. The van der Waals surface area contributed by atoms with E-state index in [9.17, 15) is 9.59 Å². The minimum absolute atomic E-state index is 0.160. The maximum absolute atomic E-state index is 12.9. The van der Waals surface area contributed by atoms with Gasteiger partial charge in [-0.05, 0) is 58.4 Å². The Morgan fingerprint density at radius 1 is 0.767 bits per heavy atom. The fourth-order valence-electron chi connectivity index (χ4n) is 2.65. The van der Waals surface area contributed by atoms with Crippen molar-refractivity contribution < 1.29 is 19.1 Å². The third-order valence-electron chi connectivity index (χ3n) is 4.14. The fourth-order valence-corrected chi connectivity index (χ4v) is 4.53. The van der Waals surface area contributed by atoms with Crippen molar-refractivity contribution in [2.45, 2.75) is 0 Å². The Balaban J connectivity index is 1.83. The molecule has 0 spiro atoms. The first-order valence-electron chi connectivity index (χ1n) is 9.06. The predicted molar refractivity (Wildman–Crippen MR) is 125 cm³/mol. The second kappa shape index (κ2) is 10.7. The first-order valence-corrected chi connectivity index (χ1v) is 10.8. The highest BCUT2D eigenvalue weighted by Gasteiger charge is 2.21. The Morgan fingerprint density at radius 3 is 1.67 bits per heavy atom. The summed E-state index contributed by atoms with van der Waals surface area (Å²) < 4.78 is 11.1. The molecular weight excluding hydrogens is 416 g/mol. The Hall–Kier alpha value is -2.96. The van der Waals surface area contributed by atoms with Gasteiger partial charge >= 0.3 is 0 Å². The second-order valence-corrected chi connectivity index (χ2v) is 8.21. The van der Waals surface area contributed by atoms with Crippen LogP contribution in [0.3, 0.4) is 0 Å². The maximum Gasteiger partial charge on any atom is 0.191 e. The summed E-state index contributed by atoms with van der Waals surface area (Å²) in [6, 6.07) is 14.7. The summed E-state index contributed by atoms with van der Waals surface area (Å²) in [5.41, 5.74) is 1.79. The molecule has 0 fully saturated rings. The highest BCUT2D eigenvalue weighted by molar-refractivity contribution is 8.27. The minimum atomic E-state index is -0.336. The number of methoxy groups -OCH3 is 2. The van der Waals surface area contributed by atoms with Crippen molar-refractivity contribution in [1.82, 2.24) is 0 Å². The molecule has 2 aromatic carbocycles. The lowest BCUT2D eigenvalue weighted by Gasteiger charge is -2.05. The van der Waals surface area contributed by atoms with Crippen LogP contribution in [-0.2, 0) is 9.59 Å². The van der Waals surface area contributed by atoms with Crippen LogP contribution in [-0.4, -0.2) is 25.8 Å². The number of carbonyl (C=O) groups is 2. The lowest BCUT2D eigenvalue weighted by molar-refractivity contribution is -0.116. The van der Waals surface area contributed by atoms with Gasteiger partial charge < -0.3 is 9.47 Å². The predicted octanol–water partition coefficient (Wildman–Crippen LogP) is 5.73. The number of ketones is 2. The Kier molecular flexibility index (Phi) is 7.76. The van der Waals surface area contributed by atoms with Crippen molar-refractivity contribution >= 4 is 47.2 Å². The molecule has 0 atom stereocenters. The zero-order chi connectivity index (χ0) is 21.3. The van der Waals surface area contributed by atoms with E-state index in [0.717, 1.165) is 11.1 Å². The number of ether oxygens (including phenoxy) is 2. The molecule has 6 heteroatoms. The normalized spacial score (nSPS) is 13.2. The molecule has 0 radical (unpaired) electrons. The third kappa shape index (κ3) is 5.78. The van der Waals surface area contributed by atoms with Gasteiger partial charge in [0.05, 0.1) is 24.0 Å². The molecular formula is C24H20O4S2. The maximum atomic E-state index is 12.9. The summed E-state index contributed by atoms with van der Waals surface area (Å²) in [7, 11) is 3.18. The van der Waals surface area contributed by atoms with Crippen molar-refractivity contribution in [3.63, 3.8) is 0 Å². The SMILES string of the molecule is COc1cccc(/C=C/C(=O)C(C(=O)/C=C/c2cccc(OC)c2)=C2SC=CS2)c1. The number of benzene rings is 2. The van der Waals surface area contributed by atoms with E-state index in [1.54, 1.807) is 26.4 Å². The monoisotopic (exact) mass is 436 g/mol. The highest BCUT2D eigenvalue weighted by atomic mass is 32.2. The minimum Gasteiger partial charge on any atom is -0.497 e.